The van der Waals surface area contributed by atoms with Crippen molar-refractivity contribution in [3.8, 4) is 0 Å². The Hall–Kier alpha value is -1.93. The maximum Gasteiger partial charge on any atom is 0.314 e. The van der Waals surface area contributed by atoms with Crippen LogP contribution in [0.25, 0.3) is 0 Å². The highest BCUT2D eigenvalue weighted by atomic mass is 16.4. The molecule has 5 N–H and O–H groups in total. The van der Waals surface area contributed by atoms with Crippen LogP contribution in [0, 0.1) is 16.2 Å². The molecule has 10 heteroatoms. The van der Waals surface area contributed by atoms with E-state index in [0.717, 1.165) is 19.3 Å². The van der Waals surface area contributed by atoms with E-state index in [1.807, 2.05) is 0 Å². The molecule has 0 bridgehead atoms. The second kappa shape index (κ2) is 14.1. The highest BCUT2D eigenvalue weighted by Gasteiger charge is 2.41. The summed E-state index contributed by atoms with van der Waals surface area (Å²) >= 11 is 0. The van der Waals surface area contributed by atoms with Gasteiger partial charge in [0.15, 0.2) is 0 Å². The Morgan fingerprint density at radius 2 is 1.55 bits per heavy atom. The molecular formula is C19H34N2O8. The molecule has 2 atom stereocenters. The van der Waals surface area contributed by atoms with E-state index < -0.39 is 24.6 Å². The number of rotatable bonds is 7. The number of aliphatic hydroxyl groups is 4. The summed E-state index contributed by atoms with van der Waals surface area (Å²) in [5.74, 6) is -1.19. The van der Waals surface area contributed by atoms with Gasteiger partial charge in [-0.2, -0.15) is 0 Å². The summed E-state index contributed by atoms with van der Waals surface area (Å²) in [4.78, 5) is 38.2. The molecule has 0 spiro atoms. The van der Waals surface area contributed by atoms with Gasteiger partial charge in [0.1, 0.15) is 5.41 Å². The summed E-state index contributed by atoms with van der Waals surface area (Å²) in [5, 5.41) is 40.4. The van der Waals surface area contributed by atoms with Crippen LogP contribution in [0.2, 0.25) is 0 Å². The monoisotopic (exact) mass is 418 g/mol. The number of aliphatic hydroxyl groups excluding tert-OH is 4. The fourth-order valence-corrected chi connectivity index (χ4v) is 3.27. The molecule has 1 aliphatic carbocycles. The molecule has 0 aromatic rings. The van der Waals surface area contributed by atoms with E-state index in [0.29, 0.717) is 6.54 Å². The lowest BCUT2D eigenvalue weighted by Crippen LogP contribution is -2.39. The van der Waals surface area contributed by atoms with Crippen molar-refractivity contribution >= 4 is 18.1 Å². The van der Waals surface area contributed by atoms with Crippen molar-refractivity contribution in [3.63, 3.8) is 0 Å². The van der Waals surface area contributed by atoms with E-state index in [1.165, 1.54) is 6.92 Å². The largest absolute Gasteiger partial charge is 0.481 e. The Balaban J connectivity index is 0. The standard InChI is InChI=1S/C12H18N2O2.C5H10O4.C2H6O2/c1-11(2)4-10(14-9-16)5-12(3,6-11)7-13-8-15;1-5(2-6,3-7)4(8)9;3-1-2-4/h10H,4-7H2,1-3H3;6-7H,2-3H2,1H3,(H,8,9);3-4H,1-2H2. The van der Waals surface area contributed by atoms with Crippen LogP contribution in [0.1, 0.15) is 47.0 Å². The minimum atomic E-state index is -1.39. The lowest BCUT2D eigenvalue weighted by atomic mass is 9.63. The Morgan fingerprint density at radius 3 is 1.86 bits per heavy atom. The van der Waals surface area contributed by atoms with E-state index >= 15 is 0 Å². The van der Waals surface area contributed by atoms with Gasteiger partial charge in [0.05, 0.1) is 39.0 Å². The first-order valence-corrected chi connectivity index (χ1v) is 9.16. The SMILES string of the molecule is CC(CO)(CO)C(=O)O.CC1(C)CC(N=C=O)CC(C)(CN=C=O)C1.OCCO. The highest BCUT2D eigenvalue weighted by Crippen LogP contribution is 2.47. The van der Waals surface area contributed by atoms with Crippen LogP contribution in [0.5, 0.6) is 0 Å². The predicted molar refractivity (Wildman–Crippen MR) is 105 cm³/mol. The van der Waals surface area contributed by atoms with Crippen LogP contribution in [0.15, 0.2) is 9.98 Å². The van der Waals surface area contributed by atoms with Gasteiger partial charge in [0.25, 0.3) is 0 Å². The number of carbonyl (C=O) groups is 1. The minimum Gasteiger partial charge on any atom is -0.481 e. The number of nitrogens with zero attached hydrogens (tertiary/aromatic N) is 2. The third-order valence-corrected chi connectivity index (χ3v) is 4.50. The third-order valence-electron chi connectivity index (χ3n) is 4.50. The van der Waals surface area contributed by atoms with Crippen molar-refractivity contribution in [2.45, 2.75) is 53.0 Å². The van der Waals surface area contributed by atoms with Crippen molar-refractivity contribution in [1.82, 2.24) is 0 Å². The van der Waals surface area contributed by atoms with Gasteiger partial charge in [-0.1, -0.05) is 20.8 Å². The number of isocyanates is 2. The van der Waals surface area contributed by atoms with Crippen LogP contribution in [-0.2, 0) is 14.4 Å². The fraction of sp³-hybridized carbons (Fsp3) is 0.842. The molecule has 0 aliphatic heterocycles. The molecule has 0 aromatic carbocycles. The average Bonchev–Trinajstić information content (AvgIpc) is 2.65. The number of carboxylic acids is 1. The normalized spacial score (nSPS) is 22.4. The summed E-state index contributed by atoms with van der Waals surface area (Å²) in [5.41, 5.74) is -1.33. The molecule has 1 rings (SSSR count). The van der Waals surface area contributed by atoms with Gasteiger partial charge in [-0.25, -0.2) is 19.6 Å². The summed E-state index contributed by atoms with van der Waals surface area (Å²) in [6.45, 7) is 6.80. The third kappa shape index (κ3) is 12.3. The maximum atomic E-state index is 10.3. The van der Waals surface area contributed by atoms with Crippen LogP contribution in [0.3, 0.4) is 0 Å². The lowest BCUT2D eigenvalue weighted by molar-refractivity contribution is -0.152. The smallest absolute Gasteiger partial charge is 0.314 e. The summed E-state index contributed by atoms with van der Waals surface area (Å²) in [6.07, 6.45) is 5.88. The van der Waals surface area contributed by atoms with Crippen molar-refractivity contribution in [2.75, 3.05) is 33.0 Å². The Morgan fingerprint density at radius 1 is 1.03 bits per heavy atom. The summed E-state index contributed by atoms with van der Waals surface area (Å²) in [6, 6.07) is 0.00750. The molecule has 0 saturated heterocycles. The molecule has 1 aliphatic rings. The van der Waals surface area contributed by atoms with Gasteiger partial charge >= 0.3 is 5.97 Å². The van der Waals surface area contributed by atoms with Crippen LogP contribution in [-0.4, -0.2) is 82.7 Å². The zero-order valence-corrected chi connectivity index (χ0v) is 17.6. The average molecular weight is 418 g/mol. The number of aliphatic carboxylic acids is 1. The van der Waals surface area contributed by atoms with E-state index in [-0.39, 0.29) is 30.1 Å². The molecule has 1 fully saturated rings. The fourth-order valence-electron chi connectivity index (χ4n) is 3.27. The van der Waals surface area contributed by atoms with Crippen molar-refractivity contribution in [1.29, 1.82) is 0 Å². The quantitative estimate of drug-likeness (QED) is 0.289. The number of carboxylic acid groups (broad SMARTS) is 1. The Kier molecular flexibility index (Phi) is 14.2. The first kappa shape index (κ1) is 29.3. The molecule has 0 heterocycles. The molecule has 1 saturated carbocycles. The molecule has 0 radical (unpaired) electrons. The maximum absolute atomic E-state index is 10.3. The molecule has 29 heavy (non-hydrogen) atoms. The Labute approximate surface area is 171 Å². The topological polar surface area (TPSA) is 177 Å². The summed E-state index contributed by atoms with van der Waals surface area (Å²) in [7, 11) is 0. The van der Waals surface area contributed by atoms with Crippen LogP contribution in [0.4, 0.5) is 0 Å². The van der Waals surface area contributed by atoms with Gasteiger partial charge in [-0.15, -0.1) is 0 Å². The van der Waals surface area contributed by atoms with E-state index in [2.05, 4.69) is 30.8 Å². The number of hydrogen-bond donors (Lipinski definition) is 5. The number of hydrogen-bond acceptors (Lipinski definition) is 9. The highest BCUT2D eigenvalue weighted by molar-refractivity contribution is 5.74. The first-order valence-electron chi connectivity index (χ1n) is 9.16. The van der Waals surface area contributed by atoms with Gasteiger partial charge in [-0.3, -0.25) is 4.79 Å². The van der Waals surface area contributed by atoms with Gasteiger partial charge < -0.3 is 25.5 Å². The lowest BCUT2D eigenvalue weighted by Gasteiger charge is -2.44. The molecule has 0 aromatic heterocycles. The summed E-state index contributed by atoms with van der Waals surface area (Å²) < 4.78 is 0. The zero-order chi connectivity index (χ0) is 23.1. The van der Waals surface area contributed by atoms with Crippen molar-refractivity contribution < 1.29 is 39.9 Å². The molecule has 168 valence electrons. The minimum absolute atomic E-state index is 0.00750. The number of aliphatic imine (C=N–C) groups is 2. The van der Waals surface area contributed by atoms with Crippen molar-refractivity contribution in [2.24, 2.45) is 26.2 Å². The molecular weight excluding hydrogens is 384 g/mol. The molecule has 2 unspecified atom stereocenters. The zero-order valence-electron chi connectivity index (χ0n) is 17.6. The van der Waals surface area contributed by atoms with E-state index in [9.17, 15) is 14.4 Å². The van der Waals surface area contributed by atoms with Gasteiger partial charge in [0, 0.05) is 0 Å². The first-order chi connectivity index (χ1) is 13.4. The van der Waals surface area contributed by atoms with Crippen LogP contribution >= 0.6 is 0 Å². The second-order valence-corrected chi connectivity index (χ2v) is 8.47. The van der Waals surface area contributed by atoms with Gasteiger partial charge in [0.2, 0.25) is 12.2 Å². The molecule has 10 nitrogen and oxygen atoms in total. The van der Waals surface area contributed by atoms with E-state index in [4.69, 9.17) is 25.5 Å². The van der Waals surface area contributed by atoms with Gasteiger partial charge in [-0.05, 0) is 37.0 Å². The predicted octanol–water partition coefficient (Wildman–Crippen LogP) is 0.276. The molecule has 0 amide bonds. The van der Waals surface area contributed by atoms with E-state index in [1.54, 1.807) is 12.2 Å². The Bertz CT molecular complexity index is 577. The second-order valence-electron chi connectivity index (χ2n) is 8.47. The van der Waals surface area contributed by atoms with Crippen LogP contribution < -0.4 is 0 Å². The van der Waals surface area contributed by atoms with Crippen molar-refractivity contribution in [3.05, 3.63) is 0 Å². The number of carbonyl (C=O) groups excluding carboxylic acids is 2.